The van der Waals surface area contributed by atoms with Crippen molar-refractivity contribution in [2.75, 3.05) is 16.9 Å². The van der Waals surface area contributed by atoms with Gasteiger partial charge in [0, 0.05) is 16.9 Å². The van der Waals surface area contributed by atoms with Gasteiger partial charge in [-0.25, -0.2) is 4.68 Å². The molecule has 27 heavy (non-hydrogen) atoms. The second-order valence-electron chi connectivity index (χ2n) is 6.77. The van der Waals surface area contributed by atoms with E-state index in [0.29, 0.717) is 11.0 Å². The summed E-state index contributed by atoms with van der Waals surface area (Å²) in [4.78, 5) is 12.3. The molecule has 0 spiro atoms. The van der Waals surface area contributed by atoms with E-state index in [1.165, 1.54) is 22.0 Å². The summed E-state index contributed by atoms with van der Waals surface area (Å²) in [6.07, 6.45) is 3.08. The fourth-order valence-corrected chi connectivity index (χ4v) is 4.07. The van der Waals surface area contributed by atoms with E-state index < -0.39 is 0 Å². The number of carbonyl (C=O) groups is 1. The highest BCUT2D eigenvalue weighted by molar-refractivity contribution is 7.99. The number of hydrogen-bond acceptors (Lipinski definition) is 6. The van der Waals surface area contributed by atoms with Gasteiger partial charge in [-0.05, 0) is 56.4 Å². The predicted octanol–water partition coefficient (Wildman–Crippen LogP) is 2.22. The molecular formula is C18H21N7OS. The van der Waals surface area contributed by atoms with Crippen LogP contribution in [0.4, 0.5) is 5.69 Å². The summed E-state index contributed by atoms with van der Waals surface area (Å²) in [6.45, 7) is 4.00. The Hall–Kier alpha value is -2.81. The molecule has 2 heterocycles. The van der Waals surface area contributed by atoms with Gasteiger partial charge in [0.15, 0.2) is 0 Å². The van der Waals surface area contributed by atoms with Crippen molar-refractivity contribution in [3.05, 3.63) is 40.6 Å². The van der Waals surface area contributed by atoms with E-state index in [-0.39, 0.29) is 11.7 Å². The number of nitrogens with zero attached hydrogens (tertiary/aromatic N) is 4. The molecule has 0 aliphatic heterocycles. The molecule has 0 atom stereocenters. The molecule has 4 rings (SSSR count). The van der Waals surface area contributed by atoms with Crippen molar-refractivity contribution in [3.8, 4) is 11.5 Å². The van der Waals surface area contributed by atoms with Gasteiger partial charge in [-0.1, -0.05) is 17.8 Å². The first-order chi connectivity index (χ1) is 13.0. The molecule has 0 bridgehead atoms. The number of amides is 1. The molecule has 8 nitrogen and oxygen atoms in total. The van der Waals surface area contributed by atoms with Crippen LogP contribution in [0, 0.1) is 13.8 Å². The molecule has 4 N–H and O–H groups in total. The molecule has 0 saturated heterocycles. The highest BCUT2D eigenvalue weighted by atomic mass is 32.2. The number of hydrogen-bond donors (Lipinski definition) is 3. The zero-order chi connectivity index (χ0) is 19.0. The van der Waals surface area contributed by atoms with Crippen molar-refractivity contribution in [1.82, 2.24) is 25.1 Å². The molecule has 1 amide bonds. The van der Waals surface area contributed by atoms with Crippen LogP contribution in [-0.4, -0.2) is 36.7 Å². The van der Waals surface area contributed by atoms with Crippen LogP contribution in [-0.2, 0) is 17.6 Å². The van der Waals surface area contributed by atoms with Crippen molar-refractivity contribution < 1.29 is 4.79 Å². The Morgan fingerprint density at radius 3 is 2.81 bits per heavy atom. The van der Waals surface area contributed by atoms with Crippen molar-refractivity contribution >= 4 is 23.4 Å². The smallest absolute Gasteiger partial charge is 0.234 e. The molecule has 1 aromatic carbocycles. The first kappa shape index (κ1) is 17.6. The van der Waals surface area contributed by atoms with E-state index in [1.807, 2.05) is 26.0 Å². The molecule has 9 heteroatoms. The number of benzene rings is 1. The Balaban J connectivity index is 1.43. The number of H-pyrrole nitrogens is 1. The normalized spacial score (nSPS) is 13.0. The number of aromatic nitrogens is 5. The third kappa shape index (κ3) is 3.55. The van der Waals surface area contributed by atoms with Gasteiger partial charge in [0.1, 0.15) is 5.69 Å². The number of nitrogen functional groups attached to an aromatic ring is 1. The maximum absolute atomic E-state index is 12.3. The fraction of sp³-hybridized carbons (Fsp3) is 0.333. The van der Waals surface area contributed by atoms with Crippen molar-refractivity contribution in [2.45, 2.75) is 38.3 Å². The zero-order valence-corrected chi connectivity index (χ0v) is 16.1. The number of nitrogens with two attached hydrogens (primary N) is 1. The SMILES string of the molecule is Cc1cc(C)cc(NC(=O)CSc2nnc(-c3n[nH]c4c3CCC4)n2N)c1. The largest absolute Gasteiger partial charge is 0.335 e. The number of carbonyl (C=O) groups excluding carboxylic acids is 1. The summed E-state index contributed by atoms with van der Waals surface area (Å²) in [7, 11) is 0. The van der Waals surface area contributed by atoms with Gasteiger partial charge < -0.3 is 11.2 Å². The van der Waals surface area contributed by atoms with Crippen molar-refractivity contribution in [3.63, 3.8) is 0 Å². The van der Waals surface area contributed by atoms with Crippen LogP contribution in [0.1, 0.15) is 28.8 Å². The highest BCUT2D eigenvalue weighted by Gasteiger charge is 2.24. The Morgan fingerprint density at radius 2 is 2.04 bits per heavy atom. The highest BCUT2D eigenvalue weighted by Crippen LogP contribution is 2.30. The molecule has 0 saturated carbocycles. The second-order valence-corrected chi connectivity index (χ2v) is 7.71. The molecular weight excluding hydrogens is 362 g/mol. The van der Waals surface area contributed by atoms with Crippen LogP contribution < -0.4 is 11.2 Å². The molecule has 1 aliphatic rings. The summed E-state index contributed by atoms with van der Waals surface area (Å²) in [5, 5.41) is 19.1. The maximum Gasteiger partial charge on any atom is 0.234 e. The van der Waals surface area contributed by atoms with E-state index >= 15 is 0 Å². The summed E-state index contributed by atoms with van der Waals surface area (Å²) in [6, 6.07) is 5.95. The van der Waals surface area contributed by atoms with Crippen LogP contribution in [0.15, 0.2) is 23.4 Å². The van der Waals surface area contributed by atoms with Crippen LogP contribution in [0.3, 0.4) is 0 Å². The topological polar surface area (TPSA) is 115 Å². The summed E-state index contributed by atoms with van der Waals surface area (Å²) < 4.78 is 1.41. The second kappa shape index (κ2) is 7.07. The van der Waals surface area contributed by atoms with Gasteiger partial charge in [-0.3, -0.25) is 9.89 Å². The summed E-state index contributed by atoms with van der Waals surface area (Å²) in [5.74, 6) is 6.75. The molecule has 3 aromatic rings. The zero-order valence-electron chi connectivity index (χ0n) is 15.2. The first-order valence-corrected chi connectivity index (χ1v) is 9.78. The monoisotopic (exact) mass is 383 g/mol. The minimum atomic E-state index is -0.116. The Bertz CT molecular complexity index is 987. The van der Waals surface area contributed by atoms with Crippen molar-refractivity contribution in [1.29, 1.82) is 0 Å². The molecule has 0 radical (unpaired) electrons. The maximum atomic E-state index is 12.3. The van der Waals surface area contributed by atoms with Crippen molar-refractivity contribution in [2.24, 2.45) is 0 Å². The molecule has 2 aromatic heterocycles. The van der Waals surface area contributed by atoms with Crippen LogP contribution >= 0.6 is 11.8 Å². The van der Waals surface area contributed by atoms with Gasteiger partial charge >= 0.3 is 0 Å². The molecule has 140 valence electrons. The molecule has 1 aliphatic carbocycles. The van der Waals surface area contributed by atoms with E-state index in [0.717, 1.165) is 47.5 Å². The third-order valence-electron chi connectivity index (χ3n) is 4.52. The Morgan fingerprint density at radius 1 is 1.26 bits per heavy atom. The lowest BCUT2D eigenvalue weighted by Gasteiger charge is -2.07. The minimum absolute atomic E-state index is 0.116. The number of anilines is 1. The average Bonchev–Trinajstić information content (AvgIpc) is 3.28. The average molecular weight is 383 g/mol. The van der Waals surface area contributed by atoms with Crippen LogP contribution in [0.2, 0.25) is 0 Å². The standard InChI is InChI=1S/C18H21N7OS/c1-10-6-11(2)8-12(7-10)20-15(26)9-27-18-24-23-17(25(18)19)16-13-4-3-5-14(13)21-22-16/h6-8H,3-5,9,19H2,1-2H3,(H,20,26)(H,21,22). The lowest BCUT2D eigenvalue weighted by Crippen LogP contribution is -2.16. The summed E-state index contributed by atoms with van der Waals surface area (Å²) >= 11 is 1.25. The van der Waals surface area contributed by atoms with E-state index in [1.54, 1.807) is 0 Å². The Kier molecular flexibility index (Phi) is 4.61. The lowest BCUT2D eigenvalue weighted by atomic mass is 10.1. The first-order valence-electron chi connectivity index (χ1n) is 8.79. The fourth-order valence-electron chi connectivity index (χ4n) is 3.42. The number of fused-ring (bicyclic) bond motifs is 1. The van der Waals surface area contributed by atoms with Crippen LogP contribution in [0.25, 0.3) is 11.5 Å². The summed E-state index contributed by atoms with van der Waals surface area (Å²) in [5.41, 5.74) is 6.07. The number of aryl methyl sites for hydroxylation is 3. The quantitative estimate of drug-likeness (QED) is 0.460. The van der Waals surface area contributed by atoms with E-state index in [2.05, 4.69) is 31.8 Å². The molecule has 0 fully saturated rings. The predicted molar refractivity (Wildman–Crippen MR) is 105 cm³/mol. The van der Waals surface area contributed by atoms with Gasteiger partial charge in [0.2, 0.25) is 16.9 Å². The van der Waals surface area contributed by atoms with E-state index in [4.69, 9.17) is 5.84 Å². The van der Waals surface area contributed by atoms with Gasteiger partial charge in [0.05, 0.1) is 5.75 Å². The van der Waals surface area contributed by atoms with Crippen LogP contribution in [0.5, 0.6) is 0 Å². The van der Waals surface area contributed by atoms with Gasteiger partial charge in [-0.15, -0.1) is 10.2 Å². The third-order valence-corrected chi connectivity index (χ3v) is 5.46. The van der Waals surface area contributed by atoms with E-state index in [9.17, 15) is 4.79 Å². The van der Waals surface area contributed by atoms with Gasteiger partial charge in [-0.2, -0.15) is 5.10 Å². The number of nitrogens with one attached hydrogen (secondary N) is 2. The Labute approximate surface area is 160 Å². The lowest BCUT2D eigenvalue weighted by molar-refractivity contribution is -0.113. The molecule has 0 unspecified atom stereocenters. The van der Waals surface area contributed by atoms with Gasteiger partial charge in [0.25, 0.3) is 0 Å². The number of rotatable bonds is 5. The number of thioether (sulfide) groups is 1. The minimum Gasteiger partial charge on any atom is -0.335 e. The number of aromatic amines is 1.